The molecule has 2 aliphatic rings. The highest BCUT2D eigenvalue weighted by Crippen LogP contribution is 2.28. The first-order chi connectivity index (χ1) is 7.40. The third-order valence-corrected chi connectivity index (χ3v) is 3.24. The molecule has 3 heterocycles. The number of hydrogen-bond donors (Lipinski definition) is 1. The van der Waals surface area contributed by atoms with Crippen molar-refractivity contribution in [1.82, 2.24) is 15.3 Å². The van der Waals surface area contributed by atoms with Gasteiger partial charge in [0.2, 0.25) is 0 Å². The average Bonchev–Trinajstić information content (AvgIpc) is 2.60. The van der Waals surface area contributed by atoms with Crippen LogP contribution >= 0.6 is 12.4 Å². The summed E-state index contributed by atoms with van der Waals surface area (Å²) in [5.41, 5.74) is 0. The molecule has 2 atom stereocenters. The lowest BCUT2D eigenvalue weighted by molar-refractivity contribution is 0.126. The van der Waals surface area contributed by atoms with E-state index in [2.05, 4.69) is 15.3 Å². The number of nitrogens with one attached hydrogen (secondary N) is 1. The monoisotopic (exact) mass is 241 g/mol. The van der Waals surface area contributed by atoms with Crippen LogP contribution in [0.25, 0.3) is 0 Å². The Kier molecular flexibility index (Phi) is 3.61. The standard InChI is InChI=1S/C11H15N3O.ClH/c1-4-12-11(13-5-1)15-10-6-8-2-3-9(7-10)14-8;/h1,4-5,8-10,14H,2-3,6-7H2;1H. The van der Waals surface area contributed by atoms with Crippen molar-refractivity contribution in [3.05, 3.63) is 18.5 Å². The summed E-state index contributed by atoms with van der Waals surface area (Å²) in [7, 11) is 0. The zero-order valence-corrected chi connectivity index (χ0v) is 9.82. The van der Waals surface area contributed by atoms with Crippen LogP contribution in [0, 0.1) is 0 Å². The minimum Gasteiger partial charge on any atom is -0.460 e. The molecule has 5 heteroatoms. The molecule has 0 saturated carbocycles. The minimum absolute atomic E-state index is 0. The van der Waals surface area contributed by atoms with Gasteiger partial charge in [0, 0.05) is 24.5 Å². The van der Waals surface area contributed by atoms with Crippen LogP contribution in [0.2, 0.25) is 0 Å². The third kappa shape index (κ3) is 2.44. The van der Waals surface area contributed by atoms with Crippen LogP contribution in [-0.4, -0.2) is 28.2 Å². The molecular weight excluding hydrogens is 226 g/mol. The smallest absolute Gasteiger partial charge is 0.316 e. The lowest BCUT2D eigenvalue weighted by Crippen LogP contribution is -2.42. The fourth-order valence-corrected chi connectivity index (χ4v) is 2.60. The van der Waals surface area contributed by atoms with Crippen LogP contribution in [-0.2, 0) is 0 Å². The van der Waals surface area contributed by atoms with E-state index in [1.54, 1.807) is 18.5 Å². The Morgan fingerprint density at radius 2 is 1.75 bits per heavy atom. The SMILES string of the molecule is Cl.c1cnc(OC2CC3CCC(C2)N3)nc1. The molecule has 88 valence electrons. The summed E-state index contributed by atoms with van der Waals surface area (Å²) in [6.07, 6.45) is 8.51. The minimum atomic E-state index is 0. The second-order valence-corrected chi connectivity index (χ2v) is 4.38. The molecule has 16 heavy (non-hydrogen) atoms. The lowest BCUT2D eigenvalue weighted by atomic mass is 10.0. The number of halogens is 1. The van der Waals surface area contributed by atoms with E-state index in [0.717, 1.165) is 12.8 Å². The molecule has 2 saturated heterocycles. The van der Waals surface area contributed by atoms with E-state index >= 15 is 0 Å². The number of rotatable bonds is 2. The maximum absolute atomic E-state index is 5.77. The predicted octanol–water partition coefficient (Wildman–Crippen LogP) is 1.56. The molecule has 2 unspecified atom stereocenters. The molecule has 1 aromatic rings. The largest absolute Gasteiger partial charge is 0.460 e. The fourth-order valence-electron chi connectivity index (χ4n) is 2.60. The van der Waals surface area contributed by atoms with Gasteiger partial charge in [-0.15, -0.1) is 12.4 Å². The number of aromatic nitrogens is 2. The van der Waals surface area contributed by atoms with Gasteiger partial charge >= 0.3 is 6.01 Å². The van der Waals surface area contributed by atoms with Crippen LogP contribution in [0.4, 0.5) is 0 Å². The first kappa shape index (κ1) is 11.6. The van der Waals surface area contributed by atoms with E-state index in [-0.39, 0.29) is 12.4 Å². The van der Waals surface area contributed by atoms with E-state index < -0.39 is 0 Å². The van der Waals surface area contributed by atoms with E-state index in [4.69, 9.17) is 4.74 Å². The molecular formula is C11H16ClN3O. The van der Waals surface area contributed by atoms with Crippen molar-refractivity contribution < 1.29 is 4.74 Å². The van der Waals surface area contributed by atoms with Gasteiger partial charge in [-0.2, -0.15) is 0 Å². The van der Waals surface area contributed by atoms with Crippen LogP contribution in [0.1, 0.15) is 25.7 Å². The molecule has 1 aromatic heterocycles. The van der Waals surface area contributed by atoms with Crippen LogP contribution in [0.5, 0.6) is 6.01 Å². The molecule has 0 radical (unpaired) electrons. The fraction of sp³-hybridized carbons (Fsp3) is 0.636. The Morgan fingerprint density at radius 3 is 2.38 bits per heavy atom. The van der Waals surface area contributed by atoms with Crippen molar-refractivity contribution in [3.63, 3.8) is 0 Å². The number of nitrogens with zero attached hydrogens (tertiary/aromatic N) is 2. The summed E-state index contributed by atoms with van der Waals surface area (Å²) >= 11 is 0. The van der Waals surface area contributed by atoms with Crippen molar-refractivity contribution in [2.24, 2.45) is 0 Å². The van der Waals surface area contributed by atoms with Gasteiger partial charge in [0.15, 0.2) is 0 Å². The van der Waals surface area contributed by atoms with Gasteiger partial charge in [-0.1, -0.05) is 0 Å². The number of fused-ring (bicyclic) bond motifs is 2. The molecule has 1 N–H and O–H groups in total. The second kappa shape index (κ2) is 4.97. The van der Waals surface area contributed by atoms with Gasteiger partial charge in [0.05, 0.1) is 0 Å². The second-order valence-electron chi connectivity index (χ2n) is 4.38. The quantitative estimate of drug-likeness (QED) is 0.854. The Morgan fingerprint density at radius 1 is 1.12 bits per heavy atom. The topological polar surface area (TPSA) is 47.0 Å². The van der Waals surface area contributed by atoms with Crippen molar-refractivity contribution in [2.75, 3.05) is 0 Å². The van der Waals surface area contributed by atoms with Gasteiger partial charge in [-0.05, 0) is 31.7 Å². The highest BCUT2D eigenvalue weighted by Gasteiger charge is 2.34. The summed E-state index contributed by atoms with van der Waals surface area (Å²) in [6.45, 7) is 0. The van der Waals surface area contributed by atoms with Gasteiger partial charge in [0.25, 0.3) is 0 Å². The molecule has 2 fully saturated rings. The van der Waals surface area contributed by atoms with Gasteiger partial charge in [0.1, 0.15) is 6.10 Å². The molecule has 3 rings (SSSR count). The third-order valence-electron chi connectivity index (χ3n) is 3.24. The molecule has 0 aromatic carbocycles. The van der Waals surface area contributed by atoms with Gasteiger partial charge in [-0.25, -0.2) is 9.97 Å². The van der Waals surface area contributed by atoms with Crippen LogP contribution < -0.4 is 10.1 Å². The lowest BCUT2D eigenvalue weighted by Gasteiger charge is -2.28. The number of hydrogen-bond acceptors (Lipinski definition) is 4. The summed E-state index contributed by atoms with van der Waals surface area (Å²) < 4.78 is 5.77. The van der Waals surface area contributed by atoms with E-state index in [1.807, 2.05) is 0 Å². The first-order valence-corrected chi connectivity index (χ1v) is 5.60. The number of piperidine rings is 1. The normalized spacial score (nSPS) is 31.9. The van der Waals surface area contributed by atoms with E-state index in [0.29, 0.717) is 24.2 Å². The maximum atomic E-state index is 5.77. The summed E-state index contributed by atoms with van der Waals surface area (Å²) in [5.74, 6) is 0. The van der Waals surface area contributed by atoms with Crippen LogP contribution in [0.3, 0.4) is 0 Å². The Hall–Kier alpha value is -0.870. The Balaban J connectivity index is 0.000000963. The van der Waals surface area contributed by atoms with Gasteiger partial charge < -0.3 is 10.1 Å². The average molecular weight is 242 g/mol. The maximum Gasteiger partial charge on any atom is 0.316 e. The Bertz CT molecular complexity index is 323. The number of ether oxygens (including phenoxy) is 1. The van der Waals surface area contributed by atoms with Crippen molar-refractivity contribution in [1.29, 1.82) is 0 Å². The molecule has 2 bridgehead atoms. The molecule has 2 aliphatic heterocycles. The zero-order chi connectivity index (χ0) is 10.1. The molecule has 4 nitrogen and oxygen atoms in total. The zero-order valence-electron chi connectivity index (χ0n) is 9.00. The highest BCUT2D eigenvalue weighted by molar-refractivity contribution is 5.85. The molecule has 0 aliphatic carbocycles. The van der Waals surface area contributed by atoms with E-state index in [9.17, 15) is 0 Å². The van der Waals surface area contributed by atoms with Crippen molar-refractivity contribution >= 4 is 12.4 Å². The molecule has 0 spiro atoms. The summed E-state index contributed by atoms with van der Waals surface area (Å²) in [5, 5.41) is 3.59. The first-order valence-electron chi connectivity index (χ1n) is 5.60. The molecule has 0 amide bonds. The van der Waals surface area contributed by atoms with Crippen molar-refractivity contribution in [3.8, 4) is 6.01 Å². The van der Waals surface area contributed by atoms with Gasteiger partial charge in [-0.3, -0.25) is 0 Å². The summed E-state index contributed by atoms with van der Waals surface area (Å²) in [6, 6.07) is 3.62. The van der Waals surface area contributed by atoms with Crippen molar-refractivity contribution in [2.45, 2.75) is 43.9 Å². The highest BCUT2D eigenvalue weighted by atomic mass is 35.5. The summed E-state index contributed by atoms with van der Waals surface area (Å²) in [4.78, 5) is 8.18. The predicted molar refractivity (Wildman–Crippen MR) is 62.9 cm³/mol. The van der Waals surface area contributed by atoms with E-state index in [1.165, 1.54) is 12.8 Å². The van der Waals surface area contributed by atoms with Crippen LogP contribution in [0.15, 0.2) is 18.5 Å². The Labute approximate surface area is 101 Å².